The van der Waals surface area contributed by atoms with Crippen molar-refractivity contribution < 1.29 is 23.8 Å². The molecule has 0 radical (unpaired) electrons. The standard InChI is InChI=1S/C33H31N3O5/c1-36(33(37)32(24-12-8-5-9-13-24)35-40-22-23-10-6-4-7-11-23)25-14-16-26(17-15-25)41-29-18-19-34-28-21-31(39-3)30(38-2)20-27(28)29/h4,6-8,10-21H,5,9,22H2,1-3H3/b35-32+. The summed E-state index contributed by atoms with van der Waals surface area (Å²) in [5, 5.41) is 5.06. The minimum Gasteiger partial charge on any atom is -0.493 e. The van der Waals surface area contributed by atoms with Crippen LogP contribution in [0.15, 0.2) is 108 Å². The third-order valence-corrected chi connectivity index (χ3v) is 6.66. The van der Waals surface area contributed by atoms with E-state index in [0.29, 0.717) is 28.7 Å². The van der Waals surface area contributed by atoms with Crippen LogP contribution in [0.3, 0.4) is 0 Å². The predicted molar refractivity (Wildman–Crippen MR) is 160 cm³/mol. The number of anilines is 1. The highest BCUT2D eigenvalue weighted by Crippen LogP contribution is 2.37. The summed E-state index contributed by atoms with van der Waals surface area (Å²) in [4.78, 5) is 25.2. The molecule has 8 heteroatoms. The topological polar surface area (TPSA) is 82.5 Å². The number of hydrogen-bond donors (Lipinski definition) is 0. The monoisotopic (exact) mass is 549 g/mol. The van der Waals surface area contributed by atoms with Gasteiger partial charge in [-0.3, -0.25) is 9.78 Å². The Kier molecular flexibility index (Phi) is 8.59. The number of ether oxygens (including phenoxy) is 3. The summed E-state index contributed by atoms with van der Waals surface area (Å²) < 4.78 is 17.0. The summed E-state index contributed by atoms with van der Waals surface area (Å²) in [6.07, 6.45) is 9.42. The first-order valence-corrected chi connectivity index (χ1v) is 13.2. The molecule has 208 valence electrons. The molecule has 1 heterocycles. The average molecular weight is 550 g/mol. The number of rotatable bonds is 10. The maximum absolute atomic E-state index is 13.6. The van der Waals surface area contributed by atoms with Crippen molar-refractivity contribution >= 4 is 28.2 Å². The van der Waals surface area contributed by atoms with Gasteiger partial charge in [0.1, 0.15) is 18.1 Å². The number of methoxy groups -OCH3 is 2. The highest BCUT2D eigenvalue weighted by atomic mass is 16.6. The number of amides is 1. The molecule has 8 nitrogen and oxygen atoms in total. The van der Waals surface area contributed by atoms with E-state index in [2.05, 4.69) is 10.1 Å². The Morgan fingerprint density at radius 2 is 1.68 bits per heavy atom. The summed E-state index contributed by atoms with van der Waals surface area (Å²) in [7, 11) is 4.89. The molecule has 0 spiro atoms. The summed E-state index contributed by atoms with van der Waals surface area (Å²) >= 11 is 0. The summed E-state index contributed by atoms with van der Waals surface area (Å²) in [5.74, 6) is 2.13. The number of allylic oxidation sites excluding steroid dienone is 3. The second kappa shape index (κ2) is 12.8. The minimum absolute atomic E-state index is 0.257. The van der Waals surface area contributed by atoms with Crippen LogP contribution in [-0.2, 0) is 16.2 Å². The van der Waals surface area contributed by atoms with E-state index in [1.54, 1.807) is 38.4 Å². The summed E-state index contributed by atoms with van der Waals surface area (Å²) in [6, 6.07) is 22.4. The van der Waals surface area contributed by atoms with E-state index in [9.17, 15) is 4.79 Å². The number of hydrogen-bond acceptors (Lipinski definition) is 7. The number of nitrogens with zero attached hydrogens (tertiary/aromatic N) is 3. The number of pyridine rings is 1. The largest absolute Gasteiger partial charge is 0.493 e. The number of aromatic nitrogens is 1. The van der Waals surface area contributed by atoms with E-state index >= 15 is 0 Å². The van der Waals surface area contributed by atoms with Crippen LogP contribution >= 0.6 is 0 Å². The Morgan fingerprint density at radius 1 is 0.927 bits per heavy atom. The van der Waals surface area contributed by atoms with Crippen molar-refractivity contribution in [3.63, 3.8) is 0 Å². The number of carbonyl (C=O) groups is 1. The van der Waals surface area contributed by atoms with Gasteiger partial charge in [0.25, 0.3) is 5.91 Å². The molecule has 0 bridgehead atoms. The van der Waals surface area contributed by atoms with E-state index in [1.807, 2.05) is 85.0 Å². The lowest BCUT2D eigenvalue weighted by Crippen LogP contribution is -2.34. The van der Waals surface area contributed by atoms with Gasteiger partial charge in [0, 0.05) is 36.0 Å². The summed E-state index contributed by atoms with van der Waals surface area (Å²) in [5.41, 5.74) is 3.38. The van der Waals surface area contributed by atoms with Crippen molar-refractivity contribution in [3.05, 3.63) is 108 Å². The van der Waals surface area contributed by atoms with Crippen LogP contribution < -0.4 is 19.1 Å². The van der Waals surface area contributed by atoms with Crippen molar-refractivity contribution in [1.29, 1.82) is 0 Å². The maximum atomic E-state index is 13.6. The predicted octanol–water partition coefficient (Wildman–Crippen LogP) is 6.86. The molecule has 0 atom stereocenters. The smallest absolute Gasteiger partial charge is 0.280 e. The number of benzene rings is 3. The molecule has 5 rings (SSSR count). The van der Waals surface area contributed by atoms with Gasteiger partial charge in [0.2, 0.25) is 0 Å². The van der Waals surface area contributed by atoms with E-state index in [-0.39, 0.29) is 18.2 Å². The molecule has 0 aliphatic heterocycles. The zero-order valence-corrected chi connectivity index (χ0v) is 23.2. The van der Waals surface area contributed by atoms with Gasteiger partial charge in [-0.2, -0.15) is 0 Å². The van der Waals surface area contributed by atoms with Crippen LogP contribution in [0.5, 0.6) is 23.0 Å². The molecule has 0 saturated heterocycles. The quantitative estimate of drug-likeness (QED) is 0.159. The van der Waals surface area contributed by atoms with Crippen molar-refractivity contribution in [1.82, 2.24) is 4.98 Å². The lowest BCUT2D eigenvalue weighted by Gasteiger charge is -2.20. The second-order valence-corrected chi connectivity index (χ2v) is 9.33. The fraction of sp³-hybridized carbons (Fsp3) is 0.182. The number of carbonyl (C=O) groups excluding carboxylic acids is 1. The molecule has 1 amide bonds. The molecule has 4 aromatic rings. The molecule has 0 saturated carbocycles. The zero-order chi connectivity index (χ0) is 28.6. The lowest BCUT2D eigenvalue weighted by atomic mass is 10.0. The van der Waals surface area contributed by atoms with Gasteiger partial charge in [-0.05, 0) is 54.8 Å². The Bertz CT molecular complexity index is 1610. The minimum atomic E-state index is -0.272. The van der Waals surface area contributed by atoms with Crippen molar-refractivity contribution in [2.75, 3.05) is 26.2 Å². The SMILES string of the molecule is COc1cc2nccc(Oc3ccc(N(C)C(=O)/C(=N/OCc4ccccc4)C4=CCCC=C4)cc3)c2cc1OC. The first kappa shape index (κ1) is 27.5. The van der Waals surface area contributed by atoms with Gasteiger partial charge in [-0.15, -0.1) is 0 Å². The van der Waals surface area contributed by atoms with Gasteiger partial charge in [-0.1, -0.05) is 53.7 Å². The van der Waals surface area contributed by atoms with E-state index in [4.69, 9.17) is 19.0 Å². The number of fused-ring (bicyclic) bond motifs is 1. The molecular weight excluding hydrogens is 518 g/mol. The second-order valence-electron chi connectivity index (χ2n) is 9.33. The Hall–Kier alpha value is -5.11. The fourth-order valence-electron chi connectivity index (χ4n) is 4.43. The molecule has 1 aromatic heterocycles. The molecule has 1 aliphatic rings. The Balaban J connectivity index is 1.34. The first-order valence-electron chi connectivity index (χ1n) is 13.2. The molecular formula is C33H31N3O5. The summed E-state index contributed by atoms with van der Waals surface area (Å²) in [6.45, 7) is 0.271. The van der Waals surface area contributed by atoms with Crippen molar-refractivity contribution in [3.8, 4) is 23.0 Å². The number of oxime groups is 1. The van der Waals surface area contributed by atoms with Gasteiger partial charge >= 0.3 is 0 Å². The zero-order valence-electron chi connectivity index (χ0n) is 23.2. The highest BCUT2D eigenvalue weighted by molar-refractivity contribution is 6.49. The fourth-order valence-corrected chi connectivity index (χ4v) is 4.43. The van der Waals surface area contributed by atoms with Crippen LogP contribution in [0.1, 0.15) is 18.4 Å². The third kappa shape index (κ3) is 6.38. The van der Waals surface area contributed by atoms with Crippen molar-refractivity contribution in [2.45, 2.75) is 19.4 Å². The lowest BCUT2D eigenvalue weighted by molar-refractivity contribution is -0.112. The molecule has 0 N–H and O–H groups in total. The first-order chi connectivity index (χ1) is 20.1. The highest BCUT2D eigenvalue weighted by Gasteiger charge is 2.22. The van der Waals surface area contributed by atoms with Crippen LogP contribution in [0.4, 0.5) is 5.69 Å². The maximum Gasteiger partial charge on any atom is 0.280 e. The molecule has 1 aliphatic carbocycles. The van der Waals surface area contributed by atoms with Gasteiger partial charge < -0.3 is 23.9 Å². The normalized spacial score (nSPS) is 13.0. The third-order valence-electron chi connectivity index (χ3n) is 6.66. The van der Waals surface area contributed by atoms with Gasteiger partial charge in [0.05, 0.1) is 19.7 Å². The van der Waals surface area contributed by atoms with E-state index < -0.39 is 0 Å². The van der Waals surface area contributed by atoms with Crippen molar-refractivity contribution in [2.24, 2.45) is 5.16 Å². The van der Waals surface area contributed by atoms with Crippen LogP contribution in [0.2, 0.25) is 0 Å². The van der Waals surface area contributed by atoms with Crippen LogP contribution in [0.25, 0.3) is 10.9 Å². The molecule has 0 unspecified atom stereocenters. The van der Waals surface area contributed by atoms with Crippen LogP contribution in [0, 0.1) is 0 Å². The molecule has 0 fully saturated rings. The Morgan fingerprint density at radius 3 is 2.39 bits per heavy atom. The molecule has 3 aromatic carbocycles. The average Bonchev–Trinajstić information content (AvgIpc) is 3.03. The van der Waals surface area contributed by atoms with E-state index in [1.165, 1.54) is 0 Å². The van der Waals surface area contributed by atoms with Gasteiger partial charge in [-0.25, -0.2) is 0 Å². The van der Waals surface area contributed by atoms with Gasteiger partial charge in [0.15, 0.2) is 17.2 Å². The molecule has 41 heavy (non-hydrogen) atoms. The Labute approximate surface area is 239 Å². The van der Waals surface area contributed by atoms with E-state index in [0.717, 1.165) is 34.9 Å². The van der Waals surface area contributed by atoms with Crippen LogP contribution in [-0.4, -0.2) is 37.9 Å².